The zero-order valence-corrected chi connectivity index (χ0v) is 19.2. The number of halogens is 2. The van der Waals surface area contributed by atoms with Gasteiger partial charge in [0.2, 0.25) is 0 Å². The molecule has 1 fully saturated rings. The monoisotopic (exact) mass is 502 g/mol. The maximum atomic E-state index is 12.8. The van der Waals surface area contributed by atoms with Crippen LogP contribution in [0.25, 0.3) is 6.08 Å². The minimum absolute atomic E-state index is 0.101. The highest BCUT2D eigenvalue weighted by Gasteiger charge is 2.36. The van der Waals surface area contributed by atoms with Crippen molar-refractivity contribution in [1.82, 2.24) is 0 Å². The molecule has 0 unspecified atom stereocenters. The van der Waals surface area contributed by atoms with Crippen LogP contribution in [0, 0.1) is 10.1 Å². The molecule has 160 valence electrons. The van der Waals surface area contributed by atoms with Gasteiger partial charge in [0.25, 0.3) is 16.8 Å². The van der Waals surface area contributed by atoms with Crippen LogP contribution < -0.4 is 4.90 Å². The van der Waals surface area contributed by atoms with Gasteiger partial charge in [0, 0.05) is 21.0 Å². The van der Waals surface area contributed by atoms with Crippen LogP contribution in [0.4, 0.5) is 16.2 Å². The summed E-state index contributed by atoms with van der Waals surface area (Å²) in [5.41, 5.74) is 0.746. The van der Waals surface area contributed by atoms with E-state index in [1.807, 2.05) is 0 Å². The van der Waals surface area contributed by atoms with Crippen LogP contribution in [0.15, 0.2) is 81.4 Å². The third-order valence-corrected chi connectivity index (χ3v) is 6.84. The van der Waals surface area contributed by atoms with E-state index >= 15 is 0 Å². The fraction of sp³-hybridized carbons (Fsp3) is 0. The summed E-state index contributed by atoms with van der Waals surface area (Å²) in [5.74, 6) is -0.496. The molecule has 6 nitrogen and oxygen atoms in total. The first-order valence-corrected chi connectivity index (χ1v) is 11.5. The molecule has 1 aliphatic heterocycles. The van der Waals surface area contributed by atoms with Gasteiger partial charge in [-0.05, 0) is 78.0 Å². The number of nitro benzene ring substituents is 1. The highest BCUT2D eigenvalue weighted by molar-refractivity contribution is 8.19. The Morgan fingerprint density at radius 3 is 2.19 bits per heavy atom. The summed E-state index contributed by atoms with van der Waals surface area (Å²) in [7, 11) is 0. The lowest BCUT2D eigenvalue weighted by molar-refractivity contribution is -0.387. The summed E-state index contributed by atoms with van der Waals surface area (Å²) in [6.45, 7) is 0. The van der Waals surface area contributed by atoms with Crippen LogP contribution in [-0.4, -0.2) is 16.1 Å². The molecule has 1 heterocycles. The molecule has 0 radical (unpaired) electrons. The zero-order chi connectivity index (χ0) is 22.8. The third-order valence-electron chi connectivity index (χ3n) is 4.40. The number of carbonyl (C=O) groups excluding carboxylic acids is 2. The summed E-state index contributed by atoms with van der Waals surface area (Å²) in [6, 6.07) is 18.0. The van der Waals surface area contributed by atoms with E-state index in [4.69, 9.17) is 23.2 Å². The van der Waals surface area contributed by atoms with Gasteiger partial charge in [0.05, 0.1) is 20.4 Å². The maximum Gasteiger partial charge on any atom is 0.298 e. The molecule has 0 bridgehead atoms. The Bertz CT molecular complexity index is 1260. The fourth-order valence-electron chi connectivity index (χ4n) is 2.91. The SMILES string of the molecule is O=C1S/C(=C/c2ccc(Sc3ccc(Cl)cc3)c([N+](=O)[O-])c2)C(=O)N1c1ccc(Cl)cc1. The number of carbonyl (C=O) groups is 2. The van der Waals surface area contributed by atoms with Crippen molar-refractivity contribution in [2.45, 2.75) is 9.79 Å². The second-order valence-electron chi connectivity index (χ2n) is 6.53. The Balaban J connectivity index is 1.62. The second kappa shape index (κ2) is 9.38. The molecule has 3 aromatic carbocycles. The molecule has 1 saturated heterocycles. The van der Waals surface area contributed by atoms with Gasteiger partial charge < -0.3 is 0 Å². The fourth-order valence-corrected chi connectivity index (χ4v) is 4.91. The molecule has 0 aromatic heterocycles. The molecule has 0 spiro atoms. The van der Waals surface area contributed by atoms with E-state index in [2.05, 4.69) is 0 Å². The molecule has 3 aromatic rings. The number of nitrogens with zero attached hydrogens (tertiary/aromatic N) is 2. The molecule has 0 saturated carbocycles. The molecule has 0 N–H and O–H groups in total. The van der Waals surface area contributed by atoms with Crippen molar-refractivity contribution in [3.05, 3.63) is 97.4 Å². The number of imide groups is 1. The summed E-state index contributed by atoms with van der Waals surface area (Å²) in [5, 5.41) is 12.3. The molecule has 4 rings (SSSR count). The molecular formula is C22H12Cl2N2O4S2. The van der Waals surface area contributed by atoms with Gasteiger partial charge in [-0.15, -0.1) is 0 Å². The largest absolute Gasteiger partial charge is 0.298 e. The van der Waals surface area contributed by atoms with E-state index in [0.717, 1.165) is 21.6 Å². The topological polar surface area (TPSA) is 80.5 Å². The number of amides is 2. The Hall–Kier alpha value is -2.78. The predicted octanol–water partition coefficient (Wildman–Crippen LogP) is 7.29. The first kappa shape index (κ1) is 22.4. The van der Waals surface area contributed by atoms with Crippen molar-refractivity contribution in [2.24, 2.45) is 0 Å². The van der Waals surface area contributed by atoms with Gasteiger partial charge in [-0.1, -0.05) is 41.0 Å². The van der Waals surface area contributed by atoms with E-state index < -0.39 is 16.1 Å². The third kappa shape index (κ3) is 4.83. The summed E-state index contributed by atoms with van der Waals surface area (Å²) in [6.07, 6.45) is 1.48. The number of hydrogen-bond donors (Lipinski definition) is 0. The Morgan fingerprint density at radius 1 is 0.938 bits per heavy atom. The number of anilines is 1. The minimum Gasteiger partial charge on any atom is -0.268 e. The van der Waals surface area contributed by atoms with E-state index in [9.17, 15) is 19.7 Å². The molecule has 0 atom stereocenters. The van der Waals surface area contributed by atoms with Crippen LogP contribution in [0.2, 0.25) is 10.0 Å². The lowest BCUT2D eigenvalue weighted by Crippen LogP contribution is -2.27. The Morgan fingerprint density at radius 2 is 1.56 bits per heavy atom. The van der Waals surface area contributed by atoms with Gasteiger partial charge in [-0.3, -0.25) is 19.7 Å². The smallest absolute Gasteiger partial charge is 0.268 e. The Labute approximate surface area is 201 Å². The van der Waals surface area contributed by atoms with Crippen molar-refractivity contribution in [2.75, 3.05) is 4.90 Å². The van der Waals surface area contributed by atoms with E-state index in [1.165, 1.54) is 23.9 Å². The van der Waals surface area contributed by atoms with Crippen molar-refractivity contribution >= 4 is 75.3 Å². The molecule has 1 aliphatic rings. The van der Waals surface area contributed by atoms with Crippen LogP contribution >= 0.6 is 46.7 Å². The van der Waals surface area contributed by atoms with Gasteiger partial charge in [0.15, 0.2) is 0 Å². The maximum absolute atomic E-state index is 12.8. The average molecular weight is 503 g/mol. The lowest BCUT2D eigenvalue weighted by atomic mass is 10.2. The highest BCUT2D eigenvalue weighted by Crippen LogP contribution is 2.39. The van der Waals surface area contributed by atoms with Gasteiger partial charge in [-0.25, -0.2) is 4.90 Å². The van der Waals surface area contributed by atoms with E-state index in [0.29, 0.717) is 26.2 Å². The first-order chi connectivity index (χ1) is 15.3. The quantitative estimate of drug-likeness (QED) is 0.207. The number of thioether (sulfide) groups is 1. The Kier molecular flexibility index (Phi) is 6.57. The second-order valence-corrected chi connectivity index (χ2v) is 9.52. The average Bonchev–Trinajstić information content (AvgIpc) is 3.04. The predicted molar refractivity (Wildman–Crippen MR) is 129 cm³/mol. The van der Waals surface area contributed by atoms with Crippen molar-refractivity contribution in [1.29, 1.82) is 0 Å². The molecular weight excluding hydrogens is 491 g/mol. The van der Waals surface area contributed by atoms with Crippen LogP contribution in [0.1, 0.15) is 5.56 Å². The molecule has 32 heavy (non-hydrogen) atoms. The van der Waals surface area contributed by atoms with Crippen molar-refractivity contribution < 1.29 is 14.5 Å². The van der Waals surface area contributed by atoms with Gasteiger partial charge in [-0.2, -0.15) is 0 Å². The van der Waals surface area contributed by atoms with Crippen LogP contribution in [-0.2, 0) is 4.79 Å². The zero-order valence-electron chi connectivity index (χ0n) is 16.0. The first-order valence-electron chi connectivity index (χ1n) is 9.07. The summed E-state index contributed by atoms with van der Waals surface area (Å²) < 4.78 is 0. The normalized spacial score (nSPS) is 14.9. The molecule has 10 heteroatoms. The molecule has 0 aliphatic carbocycles. The minimum atomic E-state index is -0.496. The summed E-state index contributed by atoms with van der Waals surface area (Å²) >= 11 is 13.8. The molecule has 2 amide bonds. The number of benzene rings is 3. The summed E-state index contributed by atoms with van der Waals surface area (Å²) in [4.78, 5) is 38.8. The van der Waals surface area contributed by atoms with Crippen LogP contribution in [0.3, 0.4) is 0 Å². The van der Waals surface area contributed by atoms with Gasteiger partial charge in [0.1, 0.15) is 0 Å². The standard InChI is InChI=1S/C22H12Cl2N2O4S2/c23-14-2-6-16(7-3-14)25-21(27)20(32-22(25)28)12-13-1-10-19(18(11-13)26(29)30)31-17-8-4-15(24)5-9-17/h1-12H/b20-12+. The van der Waals surface area contributed by atoms with Crippen molar-refractivity contribution in [3.63, 3.8) is 0 Å². The number of rotatable bonds is 5. The van der Waals surface area contributed by atoms with E-state index in [-0.39, 0.29) is 10.6 Å². The van der Waals surface area contributed by atoms with Gasteiger partial charge >= 0.3 is 0 Å². The number of hydrogen-bond acceptors (Lipinski definition) is 6. The number of nitro groups is 1. The van der Waals surface area contributed by atoms with Crippen molar-refractivity contribution in [3.8, 4) is 0 Å². The highest BCUT2D eigenvalue weighted by atomic mass is 35.5. The van der Waals surface area contributed by atoms with E-state index in [1.54, 1.807) is 60.7 Å². The van der Waals surface area contributed by atoms with Crippen LogP contribution in [0.5, 0.6) is 0 Å². The lowest BCUT2D eigenvalue weighted by Gasteiger charge is -2.12.